The normalized spacial score (nSPS) is 14.0. The number of nitrogens with two attached hydrogens (primary N) is 3. The summed E-state index contributed by atoms with van der Waals surface area (Å²) >= 11 is 1.33. The summed E-state index contributed by atoms with van der Waals surface area (Å²) in [5.41, 5.74) is 15.8. The highest BCUT2D eigenvalue weighted by molar-refractivity contribution is 7.98. The first-order chi connectivity index (χ1) is 16.3. The van der Waals surface area contributed by atoms with Gasteiger partial charge in [0, 0.05) is 12.8 Å². The zero-order valence-electron chi connectivity index (χ0n) is 19.2. The molecule has 0 radical (unpaired) electrons. The Labute approximate surface area is 205 Å². The van der Waals surface area contributed by atoms with Crippen LogP contribution in [0.1, 0.15) is 38.5 Å². The van der Waals surface area contributed by atoms with Gasteiger partial charge in [-0.05, 0) is 31.3 Å². The molecule has 0 saturated heterocycles. The molecule has 0 aromatic heterocycles. The molecule has 0 saturated carbocycles. The van der Waals surface area contributed by atoms with Gasteiger partial charge in [0.2, 0.25) is 29.5 Å². The first-order valence-electron chi connectivity index (χ1n) is 10.4. The van der Waals surface area contributed by atoms with E-state index in [1.165, 1.54) is 11.8 Å². The maximum atomic E-state index is 12.9. The lowest BCUT2D eigenvalue weighted by atomic mass is 10.1. The van der Waals surface area contributed by atoms with Crippen LogP contribution in [0.4, 0.5) is 0 Å². The number of carbonyl (C=O) groups is 7. The highest BCUT2D eigenvalue weighted by Gasteiger charge is 2.31. The first-order valence-corrected chi connectivity index (χ1v) is 11.8. The van der Waals surface area contributed by atoms with Gasteiger partial charge >= 0.3 is 11.9 Å². The molecule has 11 N–H and O–H groups in total. The van der Waals surface area contributed by atoms with Gasteiger partial charge in [-0.2, -0.15) is 11.8 Å². The largest absolute Gasteiger partial charge is 0.481 e. The van der Waals surface area contributed by atoms with Gasteiger partial charge in [0.05, 0.1) is 12.5 Å². The lowest BCUT2D eigenvalue weighted by Gasteiger charge is -2.25. The van der Waals surface area contributed by atoms with Crippen LogP contribution in [0.15, 0.2) is 0 Å². The average molecular weight is 521 g/mol. The highest BCUT2D eigenvalue weighted by Crippen LogP contribution is 2.06. The van der Waals surface area contributed by atoms with Crippen molar-refractivity contribution in [3.63, 3.8) is 0 Å². The van der Waals surface area contributed by atoms with Crippen LogP contribution in [0.5, 0.6) is 0 Å². The number of carbonyl (C=O) groups excluding carboxylic acids is 5. The van der Waals surface area contributed by atoms with Crippen molar-refractivity contribution in [1.82, 2.24) is 16.0 Å². The quantitative estimate of drug-likeness (QED) is 0.0882. The zero-order valence-corrected chi connectivity index (χ0v) is 20.0. The second-order valence-corrected chi connectivity index (χ2v) is 8.50. The monoisotopic (exact) mass is 520 g/mol. The summed E-state index contributed by atoms with van der Waals surface area (Å²) in [6, 6.07) is -5.53. The Morgan fingerprint density at radius 1 is 0.743 bits per heavy atom. The molecule has 0 aliphatic carbocycles. The molecule has 35 heavy (non-hydrogen) atoms. The summed E-state index contributed by atoms with van der Waals surface area (Å²) in [7, 11) is 0. The van der Waals surface area contributed by atoms with Crippen molar-refractivity contribution in [3.8, 4) is 0 Å². The van der Waals surface area contributed by atoms with E-state index in [2.05, 4.69) is 16.0 Å². The van der Waals surface area contributed by atoms with Gasteiger partial charge in [0.15, 0.2) is 0 Å². The van der Waals surface area contributed by atoms with Gasteiger partial charge in [0.1, 0.15) is 18.1 Å². The molecule has 0 spiro atoms. The number of rotatable bonds is 18. The third-order valence-corrected chi connectivity index (χ3v) is 5.23. The van der Waals surface area contributed by atoms with Crippen LogP contribution in [0, 0.1) is 0 Å². The highest BCUT2D eigenvalue weighted by atomic mass is 32.2. The van der Waals surface area contributed by atoms with E-state index in [1.54, 1.807) is 6.26 Å². The summed E-state index contributed by atoms with van der Waals surface area (Å²) in [6.07, 6.45) is 0.0937. The molecule has 4 unspecified atom stereocenters. The number of aliphatic carboxylic acids is 2. The summed E-state index contributed by atoms with van der Waals surface area (Å²) in [5, 5.41) is 24.8. The molecule has 0 aromatic rings. The van der Waals surface area contributed by atoms with E-state index in [0.29, 0.717) is 5.75 Å². The van der Waals surface area contributed by atoms with Crippen molar-refractivity contribution < 1.29 is 43.8 Å². The van der Waals surface area contributed by atoms with Crippen molar-refractivity contribution in [2.75, 3.05) is 12.0 Å². The molecule has 0 rings (SSSR count). The van der Waals surface area contributed by atoms with Crippen LogP contribution in [0.2, 0.25) is 0 Å². The minimum atomic E-state index is -1.73. The Balaban J connectivity index is 5.53. The van der Waals surface area contributed by atoms with Gasteiger partial charge in [-0.25, -0.2) is 4.79 Å². The van der Waals surface area contributed by atoms with Crippen LogP contribution in [0.3, 0.4) is 0 Å². The summed E-state index contributed by atoms with van der Waals surface area (Å²) in [6.45, 7) is 0. The molecule has 198 valence electrons. The first kappa shape index (κ1) is 31.6. The fourth-order valence-electron chi connectivity index (χ4n) is 2.69. The molecular weight excluding hydrogens is 488 g/mol. The lowest BCUT2D eigenvalue weighted by molar-refractivity contribution is -0.147. The van der Waals surface area contributed by atoms with E-state index in [-0.39, 0.29) is 32.1 Å². The number of thioether (sulfide) groups is 1. The summed E-state index contributed by atoms with van der Waals surface area (Å²) < 4.78 is 0. The van der Waals surface area contributed by atoms with E-state index in [1.807, 2.05) is 0 Å². The Morgan fingerprint density at radius 2 is 1.20 bits per heavy atom. The minimum absolute atomic E-state index is 0.0484. The smallest absolute Gasteiger partial charge is 0.326 e. The number of amides is 5. The van der Waals surface area contributed by atoms with Gasteiger partial charge in [-0.1, -0.05) is 0 Å². The van der Waals surface area contributed by atoms with Crippen molar-refractivity contribution in [2.24, 2.45) is 17.2 Å². The lowest BCUT2D eigenvalue weighted by Crippen LogP contribution is -2.57. The number of hydrogen-bond donors (Lipinski definition) is 8. The van der Waals surface area contributed by atoms with Gasteiger partial charge < -0.3 is 43.4 Å². The fourth-order valence-corrected chi connectivity index (χ4v) is 3.16. The fraction of sp³-hybridized carbons (Fsp3) is 0.632. The Hall–Kier alpha value is -3.40. The third kappa shape index (κ3) is 13.8. The van der Waals surface area contributed by atoms with Crippen LogP contribution in [0.25, 0.3) is 0 Å². The zero-order chi connectivity index (χ0) is 27.1. The standard InChI is InChI=1S/C19H32N6O9S/c1-35-7-6-11(18(32)25-12(19(33)34)8-15(28)29)24-17(31)10(3-5-14(22)27)23-16(30)9(20)2-4-13(21)26/h9-12H,2-8,20H2,1H3,(H2,21,26)(H2,22,27)(H,23,30)(H,24,31)(H,25,32)(H,28,29)(H,33,34). The van der Waals surface area contributed by atoms with E-state index >= 15 is 0 Å². The van der Waals surface area contributed by atoms with E-state index in [9.17, 15) is 33.6 Å². The number of carboxylic acid groups (broad SMARTS) is 2. The predicted octanol–water partition coefficient (Wildman–Crippen LogP) is -3.39. The summed E-state index contributed by atoms with van der Waals surface area (Å²) in [5.74, 6) is -6.74. The minimum Gasteiger partial charge on any atom is -0.481 e. The molecule has 16 heteroatoms. The Kier molecular flexibility index (Phi) is 14.7. The molecule has 0 bridgehead atoms. The van der Waals surface area contributed by atoms with Crippen molar-refractivity contribution in [3.05, 3.63) is 0 Å². The molecule has 0 aromatic carbocycles. The van der Waals surface area contributed by atoms with Crippen molar-refractivity contribution in [1.29, 1.82) is 0 Å². The molecule has 0 aliphatic heterocycles. The van der Waals surface area contributed by atoms with Gasteiger partial charge in [-0.3, -0.25) is 28.8 Å². The maximum Gasteiger partial charge on any atom is 0.326 e. The molecule has 0 fully saturated rings. The third-order valence-electron chi connectivity index (χ3n) is 4.59. The Bertz CT molecular complexity index is 810. The summed E-state index contributed by atoms with van der Waals surface area (Å²) in [4.78, 5) is 82.1. The van der Waals surface area contributed by atoms with Crippen molar-refractivity contribution >= 4 is 53.2 Å². The Morgan fingerprint density at radius 3 is 1.66 bits per heavy atom. The maximum absolute atomic E-state index is 12.9. The molecule has 0 aliphatic rings. The SMILES string of the molecule is CSCCC(NC(=O)C(CCC(N)=O)NC(=O)C(N)CCC(N)=O)C(=O)NC(CC(=O)O)C(=O)O. The van der Waals surface area contributed by atoms with Crippen LogP contribution >= 0.6 is 11.8 Å². The topological polar surface area (TPSA) is 274 Å². The predicted molar refractivity (Wildman–Crippen MR) is 124 cm³/mol. The van der Waals surface area contributed by atoms with E-state index in [4.69, 9.17) is 27.4 Å². The molecule has 15 nitrogen and oxygen atoms in total. The second-order valence-electron chi connectivity index (χ2n) is 7.52. The number of primary amides is 2. The number of nitrogens with one attached hydrogen (secondary N) is 3. The van der Waals surface area contributed by atoms with Crippen molar-refractivity contribution in [2.45, 2.75) is 62.7 Å². The number of hydrogen-bond acceptors (Lipinski definition) is 9. The molecule has 0 heterocycles. The molecular formula is C19H32N6O9S. The average Bonchev–Trinajstić information content (AvgIpc) is 2.76. The van der Waals surface area contributed by atoms with Crippen LogP contribution < -0.4 is 33.2 Å². The van der Waals surface area contributed by atoms with Gasteiger partial charge in [0.25, 0.3) is 0 Å². The van der Waals surface area contributed by atoms with E-state index < -0.39 is 72.1 Å². The van der Waals surface area contributed by atoms with Crippen LogP contribution in [-0.2, 0) is 33.6 Å². The second kappa shape index (κ2) is 16.3. The molecule has 4 atom stereocenters. The van der Waals surface area contributed by atoms with E-state index in [0.717, 1.165) is 0 Å². The van der Waals surface area contributed by atoms with Gasteiger partial charge in [-0.15, -0.1) is 0 Å². The number of carboxylic acids is 2. The molecule has 5 amide bonds. The van der Waals surface area contributed by atoms with Crippen LogP contribution in [-0.4, -0.2) is 87.9 Å².